The second kappa shape index (κ2) is 5.64. The van der Waals surface area contributed by atoms with E-state index in [1.807, 2.05) is 0 Å². The van der Waals surface area contributed by atoms with Crippen molar-refractivity contribution in [1.82, 2.24) is 10.2 Å². The highest BCUT2D eigenvalue weighted by atomic mass is 16.1. The van der Waals surface area contributed by atoms with Gasteiger partial charge in [0.25, 0.3) is 0 Å². The topological polar surface area (TPSA) is 58.4 Å². The first-order valence-electron chi connectivity index (χ1n) is 6.25. The molecular formula is C12H25N3O. The number of primary amides is 1. The van der Waals surface area contributed by atoms with Crippen LogP contribution in [0.3, 0.4) is 0 Å². The SMILES string of the molecule is CCCNC(CN1CCCC1(C)C)C(N)=O. The van der Waals surface area contributed by atoms with Crippen molar-refractivity contribution in [1.29, 1.82) is 0 Å². The van der Waals surface area contributed by atoms with Crippen molar-refractivity contribution in [2.24, 2.45) is 5.73 Å². The zero-order valence-corrected chi connectivity index (χ0v) is 10.8. The molecule has 4 nitrogen and oxygen atoms in total. The lowest BCUT2D eigenvalue weighted by Gasteiger charge is -2.33. The lowest BCUT2D eigenvalue weighted by molar-refractivity contribution is -0.120. The van der Waals surface area contributed by atoms with Gasteiger partial charge < -0.3 is 11.1 Å². The fourth-order valence-electron chi connectivity index (χ4n) is 2.30. The van der Waals surface area contributed by atoms with E-state index in [4.69, 9.17) is 5.73 Å². The van der Waals surface area contributed by atoms with Crippen molar-refractivity contribution in [3.8, 4) is 0 Å². The molecule has 1 aliphatic rings. The van der Waals surface area contributed by atoms with Crippen molar-refractivity contribution in [3.63, 3.8) is 0 Å². The summed E-state index contributed by atoms with van der Waals surface area (Å²) in [5.41, 5.74) is 5.63. The van der Waals surface area contributed by atoms with Crippen LogP contribution in [0.5, 0.6) is 0 Å². The van der Waals surface area contributed by atoms with Crippen molar-refractivity contribution >= 4 is 5.91 Å². The average molecular weight is 227 g/mol. The summed E-state index contributed by atoms with van der Waals surface area (Å²) in [7, 11) is 0. The normalized spacial score (nSPS) is 22.2. The lowest BCUT2D eigenvalue weighted by Crippen LogP contribution is -2.52. The van der Waals surface area contributed by atoms with Crippen molar-refractivity contribution in [3.05, 3.63) is 0 Å². The summed E-state index contributed by atoms with van der Waals surface area (Å²) in [4.78, 5) is 13.7. The van der Waals surface area contributed by atoms with Gasteiger partial charge in [-0.15, -0.1) is 0 Å². The van der Waals surface area contributed by atoms with Crippen molar-refractivity contribution in [2.75, 3.05) is 19.6 Å². The Morgan fingerprint density at radius 3 is 2.69 bits per heavy atom. The van der Waals surface area contributed by atoms with Crippen LogP contribution in [0.25, 0.3) is 0 Å². The molecule has 0 aromatic rings. The van der Waals surface area contributed by atoms with Crippen LogP contribution in [0.4, 0.5) is 0 Å². The third-order valence-corrected chi connectivity index (χ3v) is 3.46. The molecule has 1 heterocycles. The molecule has 94 valence electrons. The summed E-state index contributed by atoms with van der Waals surface area (Å²) in [6, 6.07) is -0.211. The quantitative estimate of drug-likeness (QED) is 0.703. The molecule has 1 amide bonds. The summed E-state index contributed by atoms with van der Waals surface area (Å²) in [6.07, 6.45) is 3.44. The molecule has 0 radical (unpaired) electrons. The fourth-order valence-corrected chi connectivity index (χ4v) is 2.30. The van der Waals surface area contributed by atoms with E-state index >= 15 is 0 Å². The molecule has 0 spiro atoms. The molecule has 1 unspecified atom stereocenters. The molecule has 0 aliphatic carbocycles. The highest BCUT2D eigenvalue weighted by Crippen LogP contribution is 2.27. The number of hydrogen-bond acceptors (Lipinski definition) is 3. The maximum atomic E-state index is 11.3. The molecule has 1 saturated heterocycles. The van der Waals surface area contributed by atoms with Gasteiger partial charge in [0.05, 0.1) is 6.04 Å². The highest BCUT2D eigenvalue weighted by molar-refractivity contribution is 5.80. The van der Waals surface area contributed by atoms with Crippen molar-refractivity contribution < 1.29 is 4.79 Å². The number of amides is 1. The van der Waals surface area contributed by atoms with Crippen LogP contribution in [0.1, 0.15) is 40.0 Å². The van der Waals surface area contributed by atoms with Gasteiger partial charge in [-0.05, 0) is 46.2 Å². The van der Waals surface area contributed by atoms with Crippen LogP contribution >= 0.6 is 0 Å². The second-order valence-electron chi connectivity index (χ2n) is 5.27. The van der Waals surface area contributed by atoms with E-state index in [0.29, 0.717) is 0 Å². The van der Waals surface area contributed by atoms with Gasteiger partial charge in [-0.25, -0.2) is 0 Å². The number of nitrogens with zero attached hydrogens (tertiary/aromatic N) is 1. The Labute approximate surface area is 98.6 Å². The Bertz CT molecular complexity index is 240. The van der Waals surface area contributed by atoms with Crippen LogP contribution in [-0.4, -0.2) is 42.0 Å². The summed E-state index contributed by atoms with van der Waals surface area (Å²) in [5, 5.41) is 3.22. The molecule has 0 aromatic heterocycles. The molecule has 1 aliphatic heterocycles. The Morgan fingerprint density at radius 1 is 1.56 bits per heavy atom. The second-order valence-corrected chi connectivity index (χ2v) is 5.27. The third kappa shape index (κ3) is 3.46. The summed E-state index contributed by atoms with van der Waals surface area (Å²) in [6.45, 7) is 9.22. The van der Waals surface area contributed by atoms with Crippen LogP contribution in [0, 0.1) is 0 Å². The van der Waals surface area contributed by atoms with E-state index in [1.165, 1.54) is 12.8 Å². The van der Waals surface area contributed by atoms with E-state index < -0.39 is 0 Å². The minimum Gasteiger partial charge on any atom is -0.368 e. The third-order valence-electron chi connectivity index (χ3n) is 3.46. The minimum absolute atomic E-state index is 0.210. The average Bonchev–Trinajstić information content (AvgIpc) is 2.52. The molecule has 1 fully saturated rings. The number of carbonyl (C=O) groups excluding carboxylic acids is 1. The maximum absolute atomic E-state index is 11.3. The van der Waals surface area contributed by atoms with E-state index in [-0.39, 0.29) is 17.5 Å². The molecule has 0 aromatic carbocycles. The first kappa shape index (κ1) is 13.5. The van der Waals surface area contributed by atoms with Crippen LogP contribution < -0.4 is 11.1 Å². The number of nitrogens with two attached hydrogens (primary N) is 1. The van der Waals surface area contributed by atoms with E-state index in [0.717, 1.165) is 26.1 Å². The Hall–Kier alpha value is -0.610. The van der Waals surface area contributed by atoms with Crippen LogP contribution in [-0.2, 0) is 4.79 Å². The first-order chi connectivity index (χ1) is 7.47. The lowest BCUT2D eigenvalue weighted by atomic mass is 10.0. The van der Waals surface area contributed by atoms with Gasteiger partial charge in [0.15, 0.2) is 0 Å². The molecule has 1 rings (SSSR count). The molecule has 0 bridgehead atoms. The van der Waals surface area contributed by atoms with E-state index in [2.05, 4.69) is 31.0 Å². The predicted molar refractivity (Wildman–Crippen MR) is 66.2 cm³/mol. The fraction of sp³-hybridized carbons (Fsp3) is 0.917. The van der Waals surface area contributed by atoms with Gasteiger partial charge >= 0.3 is 0 Å². The molecule has 0 saturated carbocycles. The summed E-state index contributed by atoms with van der Waals surface area (Å²) >= 11 is 0. The standard InChI is InChI=1S/C12H25N3O/c1-4-7-14-10(11(13)16)9-15-8-5-6-12(15,2)3/h10,14H,4-9H2,1-3H3,(H2,13,16). The zero-order chi connectivity index (χ0) is 12.2. The van der Waals surface area contributed by atoms with Gasteiger partial charge in [-0.3, -0.25) is 9.69 Å². The molecule has 16 heavy (non-hydrogen) atoms. The van der Waals surface area contributed by atoms with E-state index in [1.54, 1.807) is 0 Å². The predicted octanol–water partition coefficient (Wildman–Crippen LogP) is 0.714. The Kier molecular flexibility index (Phi) is 4.74. The Morgan fingerprint density at radius 2 is 2.25 bits per heavy atom. The smallest absolute Gasteiger partial charge is 0.235 e. The monoisotopic (exact) mass is 227 g/mol. The number of hydrogen-bond donors (Lipinski definition) is 2. The van der Waals surface area contributed by atoms with Crippen LogP contribution in [0.15, 0.2) is 0 Å². The number of nitrogens with one attached hydrogen (secondary N) is 1. The number of rotatable bonds is 6. The van der Waals surface area contributed by atoms with Gasteiger partial charge in [0.2, 0.25) is 5.91 Å². The van der Waals surface area contributed by atoms with Gasteiger partial charge in [0, 0.05) is 12.1 Å². The summed E-state index contributed by atoms with van der Waals surface area (Å²) in [5.74, 6) is -0.240. The van der Waals surface area contributed by atoms with Gasteiger partial charge in [0.1, 0.15) is 0 Å². The van der Waals surface area contributed by atoms with E-state index in [9.17, 15) is 4.79 Å². The molecule has 4 heteroatoms. The highest BCUT2D eigenvalue weighted by Gasteiger charge is 2.34. The number of carbonyl (C=O) groups is 1. The van der Waals surface area contributed by atoms with Gasteiger partial charge in [-0.2, -0.15) is 0 Å². The first-order valence-corrected chi connectivity index (χ1v) is 6.25. The van der Waals surface area contributed by atoms with Gasteiger partial charge in [-0.1, -0.05) is 6.92 Å². The van der Waals surface area contributed by atoms with Crippen LogP contribution in [0.2, 0.25) is 0 Å². The summed E-state index contributed by atoms with van der Waals surface area (Å²) < 4.78 is 0. The zero-order valence-electron chi connectivity index (χ0n) is 10.8. The maximum Gasteiger partial charge on any atom is 0.235 e. The largest absolute Gasteiger partial charge is 0.368 e. The van der Waals surface area contributed by atoms with Crippen molar-refractivity contribution in [2.45, 2.75) is 51.6 Å². The molecule has 1 atom stereocenters. The number of likely N-dealkylation sites (tertiary alicyclic amines) is 1. The minimum atomic E-state index is -0.240. The molecule has 3 N–H and O–H groups in total. The Balaban J connectivity index is 2.51. The molecular weight excluding hydrogens is 202 g/mol.